The summed E-state index contributed by atoms with van der Waals surface area (Å²) >= 11 is 7.02. The van der Waals surface area contributed by atoms with Crippen LogP contribution >= 0.6 is 24.0 Å². The van der Waals surface area contributed by atoms with Gasteiger partial charge in [0.1, 0.15) is 0 Å². The van der Waals surface area contributed by atoms with Gasteiger partial charge in [-0.2, -0.15) is 16.9 Å². The van der Waals surface area contributed by atoms with Gasteiger partial charge in [-0.15, -0.1) is 0 Å². The predicted octanol–water partition coefficient (Wildman–Crippen LogP) is 1.40. The third kappa shape index (κ3) is 2.87. The van der Waals surface area contributed by atoms with E-state index in [1.807, 2.05) is 17.9 Å². The van der Waals surface area contributed by atoms with Crippen molar-refractivity contribution < 1.29 is 0 Å². The summed E-state index contributed by atoms with van der Waals surface area (Å²) in [6, 6.07) is 2.07. The summed E-state index contributed by atoms with van der Waals surface area (Å²) < 4.78 is 1.86. The first-order valence-corrected chi connectivity index (χ1v) is 7.75. The second-order valence-corrected chi connectivity index (χ2v) is 6.45. The lowest BCUT2D eigenvalue weighted by Crippen LogP contribution is -2.48. The van der Waals surface area contributed by atoms with E-state index in [1.165, 1.54) is 0 Å². The van der Waals surface area contributed by atoms with E-state index in [0.29, 0.717) is 4.99 Å². The summed E-state index contributed by atoms with van der Waals surface area (Å²) in [4.78, 5) is 3.09. The number of rotatable bonds is 4. The van der Waals surface area contributed by atoms with Crippen molar-refractivity contribution in [3.63, 3.8) is 0 Å². The molecule has 0 aliphatic carbocycles. The highest BCUT2D eigenvalue weighted by Gasteiger charge is 2.36. The van der Waals surface area contributed by atoms with Crippen LogP contribution in [0.5, 0.6) is 0 Å². The molecule has 2 N–H and O–H groups in total. The van der Waals surface area contributed by atoms with Crippen LogP contribution < -0.4 is 5.73 Å². The highest BCUT2D eigenvalue weighted by Crippen LogP contribution is 2.35. The molecule has 6 heteroatoms. The fraction of sp³-hybridized carbons (Fsp3) is 0.667. The molecule has 18 heavy (non-hydrogen) atoms. The summed E-state index contributed by atoms with van der Waals surface area (Å²) in [5.41, 5.74) is 7.02. The molecule has 0 aromatic carbocycles. The van der Waals surface area contributed by atoms with Crippen LogP contribution in [0.3, 0.4) is 0 Å². The molecule has 0 bridgehead atoms. The van der Waals surface area contributed by atoms with Crippen molar-refractivity contribution in [2.75, 3.05) is 19.3 Å². The number of piperidine rings is 1. The Labute approximate surface area is 118 Å². The van der Waals surface area contributed by atoms with E-state index >= 15 is 0 Å². The second-order valence-electron chi connectivity index (χ2n) is 4.82. The van der Waals surface area contributed by atoms with Gasteiger partial charge in [-0.1, -0.05) is 12.2 Å². The molecule has 0 atom stereocenters. The Morgan fingerprint density at radius 2 is 2.22 bits per heavy atom. The highest BCUT2D eigenvalue weighted by atomic mass is 32.2. The first-order valence-electron chi connectivity index (χ1n) is 6.12. The predicted molar refractivity (Wildman–Crippen MR) is 80.8 cm³/mol. The number of nitrogens with zero attached hydrogens (tertiary/aromatic N) is 3. The summed E-state index contributed by atoms with van der Waals surface area (Å²) in [5, 5.41) is 4.42. The Morgan fingerprint density at radius 3 is 2.67 bits per heavy atom. The molecular formula is C12H20N4S2. The lowest BCUT2D eigenvalue weighted by Gasteiger charge is -2.39. The SMILES string of the molecule is CSC1(C(N)=S)CCN(Cc2ccn(C)n2)CC1. The normalized spacial score (nSPS) is 19.9. The van der Waals surface area contributed by atoms with Gasteiger partial charge in [-0.05, 0) is 25.2 Å². The maximum absolute atomic E-state index is 5.89. The Balaban J connectivity index is 1.92. The fourth-order valence-electron chi connectivity index (χ4n) is 2.40. The molecule has 100 valence electrons. The molecule has 0 saturated carbocycles. The average Bonchev–Trinajstić information content (AvgIpc) is 2.76. The molecule has 0 unspecified atom stereocenters. The topological polar surface area (TPSA) is 47.1 Å². The Hall–Kier alpha value is -0.590. The monoisotopic (exact) mass is 284 g/mol. The quantitative estimate of drug-likeness (QED) is 0.847. The Kier molecular flexibility index (Phi) is 4.29. The zero-order valence-electron chi connectivity index (χ0n) is 10.9. The summed E-state index contributed by atoms with van der Waals surface area (Å²) in [7, 11) is 1.95. The van der Waals surface area contributed by atoms with E-state index in [0.717, 1.165) is 38.2 Å². The number of thiocarbonyl (C=S) groups is 1. The average molecular weight is 284 g/mol. The molecule has 0 spiro atoms. The van der Waals surface area contributed by atoms with Gasteiger partial charge in [0.05, 0.1) is 15.4 Å². The van der Waals surface area contributed by atoms with Gasteiger partial charge in [-0.3, -0.25) is 9.58 Å². The summed E-state index contributed by atoms with van der Waals surface area (Å²) in [6.45, 7) is 2.99. The van der Waals surface area contributed by atoms with Gasteiger partial charge in [0.2, 0.25) is 0 Å². The number of hydrogen-bond acceptors (Lipinski definition) is 4. The van der Waals surface area contributed by atoms with Gasteiger partial charge in [-0.25, -0.2) is 0 Å². The zero-order valence-corrected chi connectivity index (χ0v) is 12.6. The zero-order chi connectivity index (χ0) is 13.2. The lowest BCUT2D eigenvalue weighted by molar-refractivity contribution is 0.210. The first-order chi connectivity index (χ1) is 8.55. The van der Waals surface area contributed by atoms with Gasteiger partial charge in [0, 0.05) is 32.9 Å². The number of likely N-dealkylation sites (tertiary alicyclic amines) is 1. The summed E-state index contributed by atoms with van der Waals surface area (Å²) in [5.74, 6) is 0. The molecule has 0 radical (unpaired) electrons. The lowest BCUT2D eigenvalue weighted by atomic mass is 9.95. The van der Waals surface area contributed by atoms with E-state index in [2.05, 4.69) is 22.3 Å². The van der Waals surface area contributed by atoms with Crippen LogP contribution in [-0.2, 0) is 13.6 Å². The molecule has 1 saturated heterocycles. The highest BCUT2D eigenvalue weighted by molar-refractivity contribution is 8.02. The third-order valence-electron chi connectivity index (χ3n) is 3.66. The number of nitrogens with two attached hydrogens (primary N) is 1. The van der Waals surface area contributed by atoms with Crippen LogP contribution in [0, 0.1) is 0 Å². The number of aryl methyl sites for hydroxylation is 1. The molecule has 2 heterocycles. The van der Waals surface area contributed by atoms with Crippen molar-refractivity contribution in [1.29, 1.82) is 0 Å². The number of hydrogen-bond donors (Lipinski definition) is 1. The van der Waals surface area contributed by atoms with Gasteiger partial charge >= 0.3 is 0 Å². The van der Waals surface area contributed by atoms with E-state index in [4.69, 9.17) is 18.0 Å². The van der Waals surface area contributed by atoms with Crippen molar-refractivity contribution in [1.82, 2.24) is 14.7 Å². The maximum atomic E-state index is 5.89. The molecule has 1 aromatic heterocycles. The van der Waals surface area contributed by atoms with Crippen molar-refractivity contribution in [2.45, 2.75) is 24.1 Å². The summed E-state index contributed by atoms with van der Waals surface area (Å²) in [6.07, 6.45) is 6.17. The molecule has 1 aliphatic heterocycles. The number of aromatic nitrogens is 2. The minimum Gasteiger partial charge on any atom is -0.392 e. The van der Waals surface area contributed by atoms with Crippen LogP contribution in [0.15, 0.2) is 12.3 Å². The van der Waals surface area contributed by atoms with E-state index in [-0.39, 0.29) is 4.75 Å². The molecule has 0 amide bonds. The van der Waals surface area contributed by atoms with Crippen molar-refractivity contribution in [2.24, 2.45) is 12.8 Å². The Morgan fingerprint density at radius 1 is 1.56 bits per heavy atom. The Bertz CT molecular complexity index is 421. The number of thioether (sulfide) groups is 1. The van der Waals surface area contributed by atoms with Crippen molar-refractivity contribution in [3.8, 4) is 0 Å². The van der Waals surface area contributed by atoms with E-state index in [1.54, 1.807) is 11.8 Å². The van der Waals surface area contributed by atoms with E-state index < -0.39 is 0 Å². The largest absolute Gasteiger partial charge is 0.392 e. The molecule has 2 rings (SSSR count). The van der Waals surface area contributed by atoms with E-state index in [9.17, 15) is 0 Å². The molecule has 4 nitrogen and oxygen atoms in total. The van der Waals surface area contributed by atoms with Gasteiger partial charge in [0.15, 0.2) is 0 Å². The van der Waals surface area contributed by atoms with Crippen LogP contribution in [0.4, 0.5) is 0 Å². The molecular weight excluding hydrogens is 264 g/mol. The molecule has 1 aromatic rings. The molecule has 1 fully saturated rings. The minimum absolute atomic E-state index is 0.00987. The van der Waals surface area contributed by atoms with Crippen LogP contribution in [0.2, 0.25) is 0 Å². The minimum atomic E-state index is 0.00987. The first kappa shape index (κ1) is 13.8. The smallest absolute Gasteiger partial charge is 0.0891 e. The van der Waals surface area contributed by atoms with Crippen LogP contribution in [-0.4, -0.2) is 43.8 Å². The second kappa shape index (κ2) is 5.59. The van der Waals surface area contributed by atoms with Crippen LogP contribution in [0.1, 0.15) is 18.5 Å². The van der Waals surface area contributed by atoms with Crippen LogP contribution in [0.25, 0.3) is 0 Å². The van der Waals surface area contributed by atoms with Gasteiger partial charge < -0.3 is 5.73 Å². The standard InChI is InChI=1S/C12H20N4S2/c1-15-6-3-10(14-15)9-16-7-4-12(18-2,5-8-16)11(13)17/h3,6H,4-5,7-9H2,1-2H3,(H2,13,17). The van der Waals surface area contributed by atoms with Gasteiger partial charge in [0.25, 0.3) is 0 Å². The maximum Gasteiger partial charge on any atom is 0.0891 e. The van der Waals surface area contributed by atoms with Crippen molar-refractivity contribution >= 4 is 29.0 Å². The fourth-order valence-corrected chi connectivity index (χ4v) is 3.65. The third-order valence-corrected chi connectivity index (χ3v) is 5.59. The van der Waals surface area contributed by atoms with Crippen molar-refractivity contribution in [3.05, 3.63) is 18.0 Å². The molecule has 1 aliphatic rings.